The Morgan fingerprint density at radius 3 is 2.74 bits per heavy atom. The van der Waals surface area contributed by atoms with Crippen LogP contribution in [0.4, 0.5) is 10.1 Å². The number of benzene rings is 2. The molecule has 118 valence electrons. The monoisotopic (exact) mass is 312 g/mol. The van der Waals surface area contributed by atoms with E-state index < -0.39 is 5.91 Å². The molecule has 4 nitrogen and oxygen atoms in total. The number of nitrogens with zero attached hydrogens (tertiary/aromatic N) is 1. The SMILES string of the molecule is C.Cc1cc(F)ccc1NC(=O)c1ccc2cccnc2c1O. The summed E-state index contributed by atoms with van der Waals surface area (Å²) >= 11 is 0. The van der Waals surface area contributed by atoms with Crippen LogP contribution in [0.3, 0.4) is 0 Å². The van der Waals surface area contributed by atoms with E-state index in [0.29, 0.717) is 16.8 Å². The van der Waals surface area contributed by atoms with Gasteiger partial charge < -0.3 is 10.4 Å². The Kier molecular flexibility index (Phi) is 4.60. The molecule has 0 saturated heterocycles. The van der Waals surface area contributed by atoms with Crippen molar-refractivity contribution in [1.29, 1.82) is 0 Å². The number of pyridine rings is 1. The van der Waals surface area contributed by atoms with Crippen LogP contribution >= 0.6 is 0 Å². The van der Waals surface area contributed by atoms with Crippen LogP contribution in [0.25, 0.3) is 10.9 Å². The van der Waals surface area contributed by atoms with Gasteiger partial charge in [0.15, 0.2) is 5.75 Å². The Bertz CT molecular complexity index is 878. The van der Waals surface area contributed by atoms with E-state index in [2.05, 4.69) is 10.3 Å². The third-order valence-electron chi connectivity index (χ3n) is 3.43. The van der Waals surface area contributed by atoms with Gasteiger partial charge in [0.25, 0.3) is 5.91 Å². The van der Waals surface area contributed by atoms with Crippen molar-refractivity contribution in [2.75, 3.05) is 5.32 Å². The number of anilines is 1. The van der Waals surface area contributed by atoms with Gasteiger partial charge in [-0.3, -0.25) is 9.78 Å². The first-order valence-electron chi connectivity index (χ1n) is 6.70. The van der Waals surface area contributed by atoms with Crippen LogP contribution < -0.4 is 5.32 Å². The summed E-state index contributed by atoms with van der Waals surface area (Å²) in [6.07, 6.45) is 1.55. The van der Waals surface area contributed by atoms with Crippen LogP contribution in [0.2, 0.25) is 0 Å². The standard InChI is InChI=1S/C17H13FN2O2.CH4/c1-10-9-12(18)5-7-14(10)20-17(22)13-6-4-11-3-2-8-19-15(11)16(13)21;/h2-9,21H,1H3,(H,20,22);1H4. The van der Waals surface area contributed by atoms with E-state index in [0.717, 1.165) is 5.39 Å². The molecule has 0 atom stereocenters. The van der Waals surface area contributed by atoms with Gasteiger partial charge >= 0.3 is 0 Å². The molecule has 0 bridgehead atoms. The van der Waals surface area contributed by atoms with Crippen molar-refractivity contribution in [3.05, 3.63) is 65.6 Å². The van der Waals surface area contributed by atoms with Gasteiger partial charge in [-0.25, -0.2) is 4.39 Å². The molecule has 1 amide bonds. The third kappa shape index (κ3) is 3.13. The van der Waals surface area contributed by atoms with Crippen LogP contribution in [0.5, 0.6) is 5.75 Å². The maximum absolute atomic E-state index is 13.1. The third-order valence-corrected chi connectivity index (χ3v) is 3.43. The fourth-order valence-electron chi connectivity index (χ4n) is 2.27. The zero-order valence-electron chi connectivity index (χ0n) is 11.8. The van der Waals surface area contributed by atoms with Crippen LogP contribution in [0.1, 0.15) is 23.3 Å². The van der Waals surface area contributed by atoms with E-state index >= 15 is 0 Å². The molecule has 0 aliphatic carbocycles. The second-order valence-corrected chi connectivity index (χ2v) is 4.95. The predicted molar refractivity (Wildman–Crippen MR) is 89.2 cm³/mol. The van der Waals surface area contributed by atoms with E-state index in [1.165, 1.54) is 24.3 Å². The van der Waals surface area contributed by atoms with E-state index in [1.807, 2.05) is 0 Å². The number of hydrogen-bond donors (Lipinski definition) is 2. The number of aryl methyl sites for hydroxylation is 1. The highest BCUT2D eigenvalue weighted by Crippen LogP contribution is 2.27. The summed E-state index contributed by atoms with van der Waals surface area (Å²) in [5.74, 6) is -1.01. The minimum atomic E-state index is -0.472. The predicted octanol–water partition coefficient (Wildman–Crippen LogP) is 4.28. The Labute approximate surface area is 133 Å². The van der Waals surface area contributed by atoms with Crippen molar-refractivity contribution in [3.8, 4) is 5.75 Å². The quantitative estimate of drug-likeness (QED) is 0.742. The van der Waals surface area contributed by atoms with Crippen molar-refractivity contribution < 1.29 is 14.3 Å². The summed E-state index contributed by atoms with van der Waals surface area (Å²) in [5.41, 5.74) is 1.58. The van der Waals surface area contributed by atoms with E-state index in [9.17, 15) is 14.3 Å². The summed E-state index contributed by atoms with van der Waals surface area (Å²) in [4.78, 5) is 16.4. The van der Waals surface area contributed by atoms with Crippen LogP contribution in [0, 0.1) is 12.7 Å². The lowest BCUT2D eigenvalue weighted by molar-refractivity contribution is 0.102. The van der Waals surface area contributed by atoms with E-state index in [1.54, 1.807) is 31.3 Å². The van der Waals surface area contributed by atoms with E-state index in [4.69, 9.17) is 0 Å². The van der Waals surface area contributed by atoms with Crippen molar-refractivity contribution in [2.45, 2.75) is 14.4 Å². The Balaban J connectivity index is 0.00000192. The first-order valence-corrected chi connectivity index (χ1v) is 6.70. The lowest BCUT2D eigenvalue weighted by Gasteiger charge is -2.10. The highest BCUT2D eigenvalue weighted by atomic mass is 19.1. The molecule has 3 rings (SSSR count). The van der Waals surface area contributed by atoms with Crippen molar-refractivity contribution >= 4 is 22.5 Å². The maximum Gasteiger partial charge on any atom is 0.259 e. The first kappa shape index (κ1) is 16.4. The number of rotatable bonds is 2. The summed E-state index contributed by atoms with van der Waals surface area (Å²) in [5, 5.41) is 13.6. The number of phenolic OH excluding ortho intramolecular Hbond substituents is 1. The molecule has 3 aromatic rings. The fraction of sp³-hybridized carbons (Fsp3) is 0.111. The van der Waals surface area contributed by atoms with Gasteiger partial charge in [-0.1, -0.05) is 19.6 Å². The molecule has 1 aromatic heterocycles. The van der Waals surface area contributed by atoms with Crippen molar-refractivity contribution in [1.82, 2.24) is 4.98 Å². The Morgan fingerprint density at radius 1 is 1.22 bits per heavy atom. The second kappa shape index (κ2) is 6.44. The van der Waals surface area contributed by atoms with Gasteiger partial charge in [0.1, 0.15) is 11.3 Å². The van der Waals surface area contributed by atoms with Gasteiger partial charge in [-0.2, -0.15) is 0 Å². The highest BCUT2D eigenvalue weighted by Gasteiger charge is 2.15. The number of hydrogen-bond acceptors (Lipinski definition) is 3. The number of aromatic hydroxyl groups is 1. The van der Waals surface area contributed by atoms with Gasteiger partial charge in [-0.05, 0) is 42.8 Å². The van der Waals surface area contributed by atoms with Crippen LogP contribution in [-0.4, -0.2) is 16.0 Å². The number of carbonyl (C=O) groups excluding carboxylic acids is 1. The first-order chi connectivity index (χ1) is 10.6. The smallest absolute Gasteiger partial charge is 0.259 e. The molecule has 2 aromatic carbocycles. The van der Waals surface area contributed by atoms with Crippen molar-refractivity contribution in [2.24, 2.45) is 0 Å². The van der Waals surface area contributed by atoms with Gasteiger partial charge in [0.05, 0.1) is 5.56 Å². The number of fused-ring (bicyclic) bond motifs is 1. The molecular formula is C18H17FN2O2. The number of phenols is 1. The molecule has 0 spiro atoms. The van der Waals surface area contributed by atoms with Gasteiger partial charge in [0.2, 0.25) is 0 Å². The molecular weight excluding hydrogens is 295 g/mol. The second-order valence-electron chi connectivity index (χ2n) is 4.95. The molecule has 0 fully saturated rings. The molecule has 0 radical (unpaired) electrons. The van der Waals surface area contributed by atoms with Gasteiger partial charge in [0, 0.05) is 17.3 Å². The molecule has 0 aliphatic heterocycles. The summed E-state index contributed by atoms with van der Waals surface area (Å²) in [6, 6.07) is 10.9. The summed E-state index contributed by atoms with van der Waals surface area (Å²) in [6.45, 7) is 1.69. The lowest BCUT2D eigenvalue weighted by atomic mass is 10.1. The Hall–Kier alpha value is -2.95. The average Bonchev–Trinajstić information content (AvgIpc) is 2.50. The van der Waals surface area contributed by atoms with Crippen LogP contribution in [0.15, 0.2) is 48.7 Å². The molecule has 5 heteroatoms. The molecule has 0 aliphatic rings. The topological polar surface area (TPSA) is 62.2 Å². The normalized spacial score (nSPS) is 10.2. The molecule has 0 unspecified atom stereocenters. The number of nitrogens with one attached hydrogen (secondary N) is 1. The molecule has 23 heavy (non-hydrogen) atoms. The number of carbonyl (C=O) groups is 1. The fourth-order valence-corrected chi connectivity index (χ4v) is 2.27. The minimum absolute atomic E-state index is 0. The van der Waals surface area contributed by atoms with Gasteiger partial charge in [-0.15, -0.1) is 0 Å². The Morgan fingerprint density at radius 2 is 2.00 bits per heavy atom. The maximum atomic E-state index is 13.1. The number of aromatic nitrogens is 1. The van der Waals surface area contributed by atoms with E-state index in [-0.39, 0.29) is 24.6 Å². The van der Waals surface area contributed by atoms with Crippen LogP contribution in [-0.2, 0) is 0 Å². The molecule has 2 N–H and O–H groups in total. The minimum Gasteiger partial charge on any atom is -0.505 e. The highest BCUT2D eigenvalue weighted by molar-refractivity contribution is 6.09. The summed E-state index contributed by atoms with van der Waals surface area (Å²) < 4.78 is 13.1. The zero-order valence-corrected chi connectivity index (χ0v) is 11.8. The summed E-state index contributed by atoms with van der Waals surface area (Å²) in [7, 11) is 0. The average molecular weight is 312 g/mol. The zero-order chi connectivity index (χ0) is 15.7. The van der Waals surface area contributed by atoms with Crippen molar-refractivity contribution in [3.63, 3.8) is 0 Å². The largest absolute Gasteiger partial charge is 0.505 e. The number of amides is 1. The number of halogens is 1. The molecule has 0 saturated carbocycles. The molecule has 1 heterocycles. The lowest BCUT2D eigenvalue weighted by Crippen LogP contribution is -2.13.